The van der Waals surface area contributed by atoms with Gasteiger partial charge in [-0.2, -0.15) is 0 Å². The van der Waals surface area contributed by atoms with Gasteiger partial charge in [-0.3, -0.25) is 4.79 Å². The molecule has 0 aromatic carbocycles. The molecular weight excluding hydrogens is 304 g/mol. The van der Waals surface area contributed by atoms with Crippen LogP contribution in [-0.2, 0) is 33.2 Å². The van der Waals surface area contributed by atoms with Crippen LogP contribution in [0, 0.1) is 0 Å². The minimum Gasteiger partial charge on any atom is -0.456 e. The molecule has 3 aliphatic rings. The molecule has 23 heavy (non-hydrogen) atoms. The largest absolute Gasteiger partial charge is 0.456 e. The number of hydrogen-bond acceptors (Lipinski definition) is 7. The summed E-state index contributed by atoms with van der Waals surface area (Å²) in [5.74, 6) is -1.70. The second kappa shape index (κ2) is 5.97. The van der Waals surface area contributed by atoms with Crippen molar-refractivity contribution >= 4 is 5.97 Å². The number of carbonyl (C=O) groups excluding carboxylic acids is 1. The lowest BCUT2D eigenvalue weighted by molar-refractivity contribution is -0.235. The van der Waals surface area contributed by atoms with E-state index >= 15 is 0 Å². The molecule has 3 rings (SSSR count). The van der Waals surface area contributed by atoms with E-state index in [-0.39, 0.29) is 12.1 Å². The SMILES string of the molecule is CCCC(=O)O[C@@H]1C2OC(C)(C)OC2O[C@@H]1[C@H]1COC(C)(C)O1. The van der Waals surface area contributed by atoms with E-state index in [2.05, 4.69) is 0 Å². The lowest BCUT2D eigenvalue weighted by Gasteiger charge is -2.28. The number of carbonyl (C=O) groups is 1. The van der Waals surface area contributed by atoms with Crippen LogP contribution in [-0.4, -0.2) is 54.9 Å². The van der Waals surface area contributed by atoms with Gasteiger partial charge >= 0.3 is 5.97 Å². The van der Waals surface area contributed by atoms with Gasteiger partial charge in [-0.25, -0.2) is 0 Å². The van der Waals surface area contributed by atoms with E-state index < -0.39 is 36.2 Å². The van der Waals surface area contributed by atoms with Crippen molar-refractivity contribution in [3.05, 3.63) is 0 Å². The standard InChI is InChI=1S/C16H26O7/c1-6-7-10(17)19-12-11(9-8-18-15(2,3)21-9)20-14-13(12)22-16(4,5)23-14/h9,11-14H,6-8H2,1-5H3/t9-,11-,12+,13?,14?/m1/s1. The van der Waals surface area contributed by atoms with Gasteiger partial charge < -0.3 is 28.4 Å². The second-order valence-electron chi connectivity index (χ2n) is 7.14. The molecule has 0 bridgehead atoms. The van der Waals surface area contributed by atoms with E-state index in [4.69, 9.17) is 28.4 Å². The monoisotopic (exact) mass is 330 g/mol. The molecule has 0 saturated carbocycles. The Bertz CT molecular complexity index is 461. The third-order valence-corrected chi connectivity index (χ3v) is 4.15. The normalized spacial score (nSPS) is 41.0. The predicted molar refractivity (Wildman–Crippen MR) is 78.4 cm³/mol. The van der Waals surface area contributed by atoms with E-state index in [0.717, 1.165) is 6.42 Å². The van der Waals surface area contributed by atoms with Crippen LogP contribution in [0.25, 0.3) is 0 Å². The van der Waals surface area contributed by atoms with Gasteiger partial charge in [0.05, 0.1) is 6.61 Å². The first kappa shape index (κ1) is 17.1. The van der Waals surface area contributed by atoms with Gasteiger partial charge in [0.2, 0.25) is 0 Å². The average Bonchev–Trinajstić information content (AvgIpc) is 3.01. The zero-order valence-corrected chi connectivity index (χ0v) is 14.4. The molecule has 3 heterocycles. The molecular formula is C16H26O7. The maximum absolute atomic E-state index is 12.0. The summed E-state index contributed by atoms with van der Waals surface area (Å²) >= 11 is 0. The second-order valence-corrected chi connectivity index (χ2v) is 7.14. The molecule has 0 aromatic rings. The molecule has 0 amide bonds. The van der Waals surface area contributed by atoms with Gasteiger partial charge in [-0.05, 0) is 34.1 Å². The molecule has 2 unspecified atom stereocenters. The minimum absolute atomic E-state index is 0.266. The smallest absolute Gasteiger partial charge is 0.306 e. The molecule has 3 aliphatic heterocycles. The molecule has 0 aromatic heterocycles. The van der Waals surface area contributed by atoms with Crippen molar-refractivity contribution in [3.8, 4) is 0 Å². The minimum atomic E-state index is -0.762. The highest BCUT2D eigenvalue weighted by Crippen LogP contribution is 2.42. The number of hydrogen-bond donors (Lipinski definition) is 0. The quantitative estimate of drug-likeness (QED) is 0.727. The Hall–Kier alpha value is -0.730. The van der Waals surface area contributed by atoms with Crippen LogP contribution in [0.4, 0.5) is 0 Å². The van der Waals surface area contributed by atoms with Crippen LogP contribution >= 0.6 is 0 Å². The highest BCUT2D eigenvalue weighted by atomic mass is 16.8. The highest BCUT2D eigenvalue weighted by molar-refractivity contribution is 5.69. The Labute approximate surface area is 136 Å². The van der Waals surface area contributed by atoms with E-state index in [1.165, 1.54) is 0 Å². The first-order valence-corrected chi connectivity index (χ1v) is 8.23. The van der Waals surface area contributed by atoms with Crippen molar-refractivity contribution in [1.82, 2.24) is 0 Å². The van der Waals surface area contributed by atoms with Crippen LogP contribution in [0.1, 0.15) is 47.5 Å². The molecule has 3 saturated heterocycles. The summed E-state index contributed by atoms with van der Waals surface area (Å²) in [6.45, 7) is 9.62. The van der Waals surface area contributed by atoms with E-state index in [1.54, 1.807) is 0 Å². The first-order valence-electron chi connectivity index (χ1n) is 8.23. The lowest BCUT2D eigenvalue weighted by atomic mass is 10.1. The Balaban J connectivity index is 1.75. The van der Waals surface area contributed by atoms with Gasteiger partial charge in [0.25, 0.3) is 0 Å². The average molecular weight is 330 g/mol. The molecule has 0 spiro atoms. The maximum Gasteiger partial charge on any atom is 0.306 e. The lowest BCUT2D eigenvalue weighted by Crippen LogP contribution is -2.45. The molecule has 132 valence electrons. The van der Waals surface area contributed by atoms with Crippen LogP contribution in [0.2, 0.25) is 0 Å². The van der Waals surface area contributed by atoms with E-state index in [0.29, 0.717) is 13.0 Å². The van der Waals surface area contributed by atoms with E-state index in [9.17, 15) is 4.79 Å². The number of fused-ring (bicyclic) bond motifs is 1. The topological polar surface area (TPSA) is 72.5 Å². The third-order valence-electron chi connectivity index (χ3n) is 4.15. The Morgan fingerprint density at radius 3 is 2.43 bits per heavy atom. The first-order chi connectivity index (χ1) is 10.7. The van der Waals surface area contributed by atoms with Gasteiger partial charge in [-0.15, -0.1) is 0 Å². The predicted octanol–water partition coefficient (Wildman–Crippen LogP) is 1.73. The summed E-state index contributed by atoms with van der Waals surface area (Å²) in [7, 11) is 0. The summed E-state index contributed by atoms with van der Waals surface area (Å²) in [5.41, 5.74) is 0. The molecule has 7 nitrogen and oxygen atoms in total. The van der Waals surface area contributed by atoms with Crippen molar-refractivity contribution in [2.24, 2.45) is 0 Å². The van der Waals surface area contributed by atoms with Crippen molar-refractivity contribution in [3.63, 3.8) is 0 Å². The summed E-state index contributed by atoms with van der Waals surface area (Å²) < 4.78 is 34.7. The molecule has 0 aliphatic carbocycles. The summed E-state index contributed by atoms with van der Waals surface area (Å²) in [4.78, 5) is 12.0. The number of esters is 1. The van der Waals surface area contributed by atoms with Crippen LogP contribution in [0.15, 0.2) is 0 Å². The van der Waals surface area contributed by atoms with Crippen molar-refractivity contribution in [1.29, 1.82) is 0 Å². The fourth-order valence-corrected chi connectivity index (χ4v) is 3.23. The number of rotatable bonds is 4. The highest BCUT2D eigenvalue weighted by Gasteiger charge is 2.59. The molecule has 7 heteroatoms. The zero-order valence-electron chi connectivity index (χ0n) is 14.4. The maximum atomic E-state index is 12.0. The molecule has 0 radical (unpaired) electrons. The van der Waals surface area contributed by atoms with Crippen LogP contribution in [0.3, 0.4) is 0 Å². The summed E-state index contributed by atoms with van der Waals surface area (Å²) in [6.07, 6.45) is -1.30. The fourth-order valence-electron chi connectivity index (χ4n) is 3.23. The Kier molecular flexibility index (Phi) is 4.44. The molecule has 0 N–H and O–H groups in total. The molecule has 5 atom stereocenters. The van der Waals surface area contributed by atoms with Gasteiger partial charge in [0.1, 0.15) is 12.2 Å². The van der Waals surface area contributed by atoms with Gasteiger partial charge in [-0.1, -0.05) is 6.92 Å². The summed E-state index contributed by atoms with van der Waals surface area (Å²) in [6, 6.07) is 0. The van der Waals surface area contributed by atoms with Crippen LogP contribution < -0.4 is 0 Å². The zero-order chi connectivity index (χ0) is 16.8. The van der Waals surface area contributed by atoms with Crippen molar-refractivity contribution in [2.75, 3.05) is 6.61 Å². The molecule has 3 fully saturated rings. The van der Waals surface area contributed by atoms with Crippen molar-refractivity contribution in [2.45, 2.75) is 89.7 Å². The third kappa shape index (κ3) is 3.53. The van der Waals surface area contributed by atoms with Gasteiger partial charge in [0.15, 0.2) is 30.1 Å². The Morgan fingerprint density at radius 1 is 1.09 bits per heavy atom. The number of ether oxygens (including phenoxy) is 6. The van der Waals surface area contributed by atoms with Crippen LogP contribution in [0.5, 0.6) is 0 Å². The van der Waals surface area contributed by atoms with Gasteiger partial charge in [0, 0.05) is 6.42 Å². The fraction of sp³-hybridized carbons (Fsp3) is 0.938. The van der Waals surface area contributed by atoms with Crippen molar-refractivity contribution < 1.29 is 33.2 Å². The van der Waals surface area contributed by atoms with E-state index in [1.807, 2.05) is 34.6 Å². The summed E-state index contributed by atoms with van der Waals surface area (Å²) in [5, 5.41) is 0. The Morgan fingerprint density at radius 2 is 1.83 bits per heavy atom.